The van der Waals surface area contributed by atoms with Gasteiger partial charge in [0.25, 0.3) is 0 Å². The SMILES string of the molecule is CNC(CCCO)C(C)C. The number of hydrogen-bond donors (Lipinski definition) is 2. The van der Waals surface area contributed by atoms with Crippen molar-refractivity contribution in [1.29, 1.82) is 0 Å². The molecule has 1 unspecified atom stereocenters. The molecule has 2 N–H and O–H groups in total. The van der Waals surface area contributed by atoms with Crippen LogP contribution < -0.4 is 5.32 Å². The summed E-state index contributed by atoms with van der Waals surface area (Å²) >= 11 is 0. The van der Waals surface area contributed by atoms with Crippen LogP contribution in [0.15, 0.2) is 0 Å². The van der Waals surface area contributed by atoms with Crippen molar-refractivity contribution in [3.63, 3.8) is 0 Å². The minimum atomic E-state index is 0.310. The molecule has 0 aromatic rings. The predicted molar refractivity (Wildman–Crippen MR) is 44.0 cm³/mol. The Balaban J connectivity index is 3.40. The van der Waals surface area contributed by atoms with Gasteiger partial charge in [-0.3, -0.25) is 0 Å². The summed E-state index contributed by atoms with van der Waals surface area (Å²) in [6.45, 7) is 4.70. The van der Waals surface area contributed by atoms with Crippen LogP contribution in [0.1, 0.15) is 26.7 Å². The molecule has 0 aliphatic rings. The molecule has 0 radical (unpaired) electrons. The number of hydrogen-bond acceptors (Lipinski definition) is 2. The highest BCUT2D eigenvalue weighted by atomic mass is 16.2. The molecule has 0 saturated heterocycles. The quantitative estimate of drug-likeness (QED) is 0.605. The third-order valence-electron chi connectivity index (χ3n) is 1.85. The minimum Gasteiger partial charge on any atom is -0.396 e. The molecular formula is C8H19NO. The van der Waals surface area contributed by atoms with Crippen LogP contribution in [0.25, 0.3) is 0 Å². The summed E-state index contributed by atoms with van der Waals surface area (Å²) in [5, 5.41) is 11.8. The fourth-order valence-electron chi connectivity index (χ4n) is 1.12. The first-order valence-electron chi connectivity index (χ1n) is 4.00. The standard InChI is InChI=1S/C8H19NO/c1-7(2)8(9-3)5-4-6-10/h7-10H,4-6H2,1-3H3. The highest BCUT2D eigenvalue weighted by Crippen LogP contribution is 2.06. The van der Waals surface area contributed by atoms with Gasteiger partial charge in [0.2, 0.25) is 0 Å². The zero-order valence-electron chi connectivity index (χ0n) is 7.22. The molecule has 0 bridgehead atoms. The van der Waals surface area contributed by atoms with E-state index in [2.05, 4.69) is 19.2 Å². The Morgan fingerprint density at radius 1 is 1.40 bits per heavy atom. The lowest BCUT2D eigenvalue weighted by Gasteiger charge is -2.19. The van der Waals surface area contributed by atoms with Crippen molar-refractivity contribution in [1.82, 2.24) is 5.32 Å². The molecule has 1 atom stereocenters. The summed E-state index contributed by atoms with van der Waals surface area (Å²) in [6.07, 6.45) is 1.98. The molecule has 10 heavy (non-hydrogen) atoms. The fourth-order valence-corrected chi connectivity index (χ4v) is 1.12. The summed E-state index contributed by atoms with van der Waals surface area (Å²) in [4.78, 5) is 0. The predicted octanol–water partition coefficient (Wildman–Crippen LogP) is 1.00. The van der Waals surface area contributed by atoms with Crippen molar-refractivity contribution < 1.29 is 5.11 Å². The molecule has 0 heterocycles. The number of nitrogens with one attached hydrogen (secondary N) is 1. The van der Waals surface area contributed by atoms with E-state index in [9.17, 15) is 0 Å². The number of rotatable bonds is 5. The molecule has 0 aromatic heterocycles. The van der Waals surface area contributed by atoms with E-state index in [1.807, 2.05) is 7.05 Å². The van der Waals surface area contributed by atoms with Crippen LogP contribution in [0.3, 0.4) is 0 Å². The first-order chi connectivity index (χ1) is 4.72. The Labute approximate surface area is 63.6 Å². The van der Waals surface area contributed by atoms with Crippen molar-refractivity contribution in [2.45, 2.75) is 32.7 Å². The lowest BCUT2D eigenvalue weighted by atomic mass is 10.00. The van der Waals surface area contributed by atoms with Crippen molar-refractivity contribution in [2.24, 2.45) is 5.92 Å². The molecule has 0 fully saturated rings. The topological polar surface area (TPSA) is 32.3 Å². The molecule has 0 aliphatic carbocycles. The van der Waals surface area contributed by atoms with Gasteiger partial charge in [0.05, 0.1) is 0 Å². The molecule has 0 amide bonds. The summed E-state index contributed by atoms with van der Waals surface area (Å²) in [5.41, 5.74) is 0. The Morgan fingerprint density at radius 3 is 2.30 bits per heavy atom. The molecule has 0 spiro atoms. The maximum atomic E-state index is 8.56. The van der Waals surface area contributed by atoms with Crippen LogP contribution in [0, 0.1) is 5.92 Å². The van der Waals surface area contributed by atoms with Crippen LogP contribution in [0.5, 0.6) is 0 Å². The van der Waals surface area contributed by atoms with Crippen molar-refractivity contribution in [3.8, 4) is 0 Å². The van der Waals surface area contributed by atoms with E-state index in [1.54, 1.807) is 0 Å². The van der Waals surface area contributed by atoms with Crippen molar-refractivity contribution in [3.05, 3.63) is 0 Å². The van der Waals surface area contributed by atoms with E-state index in [0.717, 1.165) is 12.8 Å². The van der Waals surface area contributed by atoms with Crippen LogP contribution in [-0.2, 0) is 0 Å². The van der Waals surface area contributed by atoms with Crippen LogP contribution in [-0.4, -0.2) is 24.8 Å². The second kappa shape index (κ2) is 5.69. The lowest BCUT2D eigenvalue weighted by Crippen LogP contribution is -2.30. The molecule has 2 heteroatoms. The van der Waals surface area contributed by atoms with E-state index in [1.165, 1.54) is 0 Å². The van der Waals surface area contributed by atoms with Gasteiger partial charge in [0, 0.05) is 12.6 Å². The first-order valence-corrected chi connectivity index (χ1v) is 4.00. The summed E-state index contributed by atoms with van der Waals surface area (Å²) in [7, 11) is 1.97. The monoisotopic (exact) mass is 145 g/mol. The van der Waals surface area contributed by atoms with Crippen molar-refractivity contribution in [2.75, 3.05) is 13.7 Å². The zero-order valence-corrected chi connectivity index (χ0v) is 7.22. The molecule has 62 valence electrons. The third-order valence-corrected chi connectivity index (χ3v) is 1.85. The normalized spacial score (nSPS) is 14.1. The fraction of sp³-hybridized carbons (Fsp3) is 1.00. The van der Waals surface area contributed by atoms with E-state index >= 15 is 0 Å². The Bertz CT molecular complexity index is 73.7. The average molecular weight is 145 g/mol. The summed E-state index contributed by atoms with van der Waals surface area (Å²) < 4.78 is 0. The van der Waals surface area contributed by atoms with Crippen LogP contribution in [0.2, 0.25) is 0 Å². The molecule has 0 saturated carbocycles. The maximum absolute atomic E-state index is 8.56. The van der Waals surface area contributed by atoms with E-state index in [0.29, 0.717) is 18.6 Å². The summed E-state index contributed by atoms with van der Waals surface area (Å²) in [6, 6.07) is 0.562. The molecule has 2 nitrogen and oxygen atoms in total. The molecular weight excluding hydrogens is 126 g/mol. The van der Waals surface area contributed by atoms with Gasteiger partial charge in [-0.05, 0) is 25.8 Å². The number of aliphatic hydroxyl groups excluding tert-OH is 1. The van der Waals surface area contributed by atoms with Gasteiger partial charge in [0.1, 0.15) is 0 Å². The highest BCUT2D eigenvalue weighted by Gasteiger charge is 2.08. The minimum absolute atomic E-state index is 0.310. The second-order valence-electron chi connectivity index (χ2n) is 3.01. The van der Waals surface area contributed by atoms with Crippen LogP contribution >= 0.6 is 0 Å². The smallest absolute Gasteiger partial charge is 0.0431 e. The van der Waals surface area contributed by atoms with Gasteiger partial charge in [-0.1, -0.05) is 13.8 Å². The molecule has 0 aliphatic heterocycles. The summed E-state index contributed by atoms with van der Waals surface area (Å²) in [5.74, 6) is 0.663. The Kier molecular flexibility index (Phi) is 5.64. The molecule has 0 aromatic carbocycles. The van der Waals surface area contributed by atoms with E-state index < -0.39 is 0 Å². The molecule has 0 rings (SSSR count). The van der Waals surface area contributed by atoms with Gasteiger partial charge >= 0.3 is 0 Å². The van der Waals surface area contributed by atoms with Crippen LogP contribution in [0.4, 0.5) is 0 Å². The largest absolute Gasteiger partial charge is 0.396 e. The van der Waals surface area contributed by atoms with E-state index in [4.69, 9.17) is 5.11 Å². The van der Waals surface area contributed by atoms with Gasteiger partial charge in [-0.2, -0.15) is 0 Å². The third kappa shape index (κ3) is 3.85. The van der Waals surface area contributed by atoms with Crippen molar-refractivity contribution >= 4 is 0 Å². The Hall–Kier alpha value is -0.0800. The van der Waals surface area contributed by atoms with Gasteiger partial charge in [-0.25, -0.2) is 0 Å². The zero-order chi connectivity index (χ0) is 7.98. The lowest BCUT2D eigenvalue weighted by molar-refractivity contribution is 0.266. The van der Waals surface area contributed by atoms with Gasteiger partial charge in [0.15, 0.2) is 0 Å². The average Bonchev–Trinajstić information content (AvgIpc) is 1.89. The van der Waals surface area contributed by atoms with E-state index in [-0.39, 0.29) is 0 Å². The maximum Gasteiger partial charge on any atom is 0.0431 e. The second-order valence-corrected chi connectivity index (χ2v) is 3.01. The highest BCUT2D eigenvalue weighted by molar-refractivity contribution is 4.67. The van der Waals surface area contributed by atoms with Gasteiger partial charge in [-0.15, -0.1) is 0 Å². The van der Waals surface area contributed by atoms with Gasteiger partial charge < -0.3 is 10.4 Å². The number of aliphatic hydroxyl groups is 1. The first kappa shape index (κ1) is 9.92. The Morgan fingerprint density at radius 2 is 2.00 bits per heavy atom.